The van der Waals surface area contributed by atoms with Gasteiger partial charge in [-0.25, -0.2) is 0 Å². The van der Waals surface area contributed by atoms with Crippen LogP contribution in [-0.4, -0.2) is 22.5 Å². The van der Waals surface area contributed by atoms with Crippen LogP contribution < -0.4 is 10.6 Å². The second kappa shape index (κ2) is 9.36. The molecule has 7 nitrogen and oxygen atoms in total. The Bertz CT molecular complexity index is 843. The number of benzene rings is 2. The van der Waals surface area contributed by atoms with Gasteiger partial charge in [-0.3, -0.25) is 19.7 Å². The lowest BCUT2D eigenvalue weighted by molar-refractivity contribution is -0.384. The molecule has 0 aliphatic heterocycles. The SMILES string of the molecule is CC(C)(C)CC(=O)Nc1ccc(SCC(=O)Nc2ccc([N+](=O)[O-])cc2)cc1. The van der Waals surface area contributed by atoms with Gasteiger partial charge in [-0.2, -0.15) is 0 Å². The summed E-state index contributed by atoms with van der Waals surface area (Å²) in [6, 6.07) is 13.0. The van der Waals surface area contributed by atoms with Crippen molar-refractivity contribution in [3.8, 4) is 0 Å². The van der Waals surface area contributed by atoms with E-state index in [2.05, 4.69) is 10.6 Å². The topological polar surface area (TPSA) is 101 Å². The molecular weight excluding hydrogens is 378 g/mol. The lowest BCUT2D eigenvalue weighted by Gasteiger charge is -2.17. The molecule has 28 heavy (non-hydrogen) atoms. The summed E-state index contributed by atoms with van der Waals surface area (Å²) in [6.07, 6.45) is 0.437. The van der Waals surface area contributed by atoms with E-state index in [1.54, 1.807) is 12.1 Å². The van der Waals surface area contributed by atoms with E-state index in [0.29, 0.717) is 17.8 Å². The van der Waals surface area contributed by atoms with E-state index >= 15 is 0 Å². The number of hydrogen-bond donors (Lipinski definition) is 2. The van der Waals surface area contributed by atoms with Gasteiger partial charge in [-0.05, 0) is 41.8 Å². The molecule has 0 spiro atoms. The number of amides is 2. The Kier molecular flexibility index (Phi) is 7.17. The number of rotatable bonds is 7. The highest BCUT2D eigenvalue weighted by molar-refractivity contribution is 8.00. The zero-order valence-corrected chi connectivity index (χ0v) is 16.8. The van der Waals surface area contributed by atoms with Crippen LogP contribution >= 0.6 is 11.8 Å². The van der Waals surface area contributed by atoms with Gasteiger partial charge < -0.3 is 10.6 Å². The molecule has 0 saturated carbocycles. The summed E-state index contributed by atoms with van der Waals surface area (Å²) in [5.74, 6) is -0.0380. The fourth-order valence-corrected chi connectivity index (χ4v) is 3.03. The first-order valence-electron chi connectivity index (χ1n) is 8.69. The number of nitrogens with zero attached hydrogens (tertiary/aromatic N) is 1. The van der Waals surface area contributed by atoms with Crippen molar-refractivity contribution in [2.24, 2.45) is 5.41 Å². The fraction of sp³-hybridized carbons (Fsp3) is 0.300. The highest BCUT2D eigenvalue weighted by Crippen LogP contribution is 2.23. The van der Waals surface area contributed by atoms with Crippen LogP contribution in [0.2, 0.25) is 0 Å². The Labute approximate surface area is 168 Å². The summed E-state index contributed by atoms with van der Waals surface area (Å²) in [4.78, 5) is 35.0. The Morgan fingerprint density at radius 2 is 1.43 bits per heavy atom. The zero-order valence-electron chi connectivity index (χ0n) is 16.0. The van der Waals surface area contributed by atoms with Crippen LogP contribution in [0.25, 0.3) is 0 Å². The molecule has 2 amide bonds. The number of non-ortho nitro benzene ring substituents is 1. The van der Waals surface area contributed by atoms with Gasteiger partial charge in [0.05, 0.1) is 10.7 Å². The molecule has 148 valence electrons. The molecule has 0 aliphatic carbocycles. The van der Waals surface area contributed by atoms with Crippen LogP contribution in [0, 0.1) is 15.5 Å². The minimum Gasteiger partial charge on any atom is -0.326 e. The van der Waals surface area contributed by atoms with E-state index in [9.17, 15) is 19.7 Å². The molecular formula is C20H23N3O4S. The molecule has 0 bridgehead atoms. The lowest BCUT2D eigenvalue weighted by Crippen LogP contribution is -2.19. The molecule has 8 heteroatoms. The van der Waals surface area contributed by atoms with Crippen LogP contribution in [0.5, 0.6) is 0 Å². The zero-order chi connectivity index (χ0) is 20.7. The largest absolute Gasteiger partial charge is 0.326 e. The molecule has 0 saturated heterocycles. The van der Waals surface area contributed by atoms with Crippen LogP contribution in [0.15, 0.2) is 53.4 Å². The van der Waals surface area contributed by atoms with Crippen molar-refractivity contribution in [1.82, 2.24) is 0 Å². The molecule has 2 aromatic rings. The number of thioether (sulfide) groups is 1. The van der Waals surface area contributed by atoms with E-state index in [4.69, 9.17) is 0 Å². The summed E-state index contributed by atoms with van der Waals surface area (Å²) < 4.78 is 0. The summed E-state index contributed by atoms with van der Waals surface area (Å²) in [5, 5.41) is 16.2. The first kappa shape index (κ1) is 21.4. The average Bonchev–Trinajstić information content (AvgIpc) is 2.60. The van der Waals surface area contributed by atoms with Crippen LogP contribution in [-0.2, 0) is 9.59 Å². The Morgan fingerprint density at radius 1 is 0.929 bits per heavy atom. The number of hydrogen-bond acceptors (Lipinski definition) is 5. The van der Waals surface area contributed by atoms with E-state index < -0.39 is 4.92 Å². The quantitative estimate of drug-likeness (QED) is 0.398. The molecule has 0 unspecified atom stereocenters. The molecule has 0 aromatic heterocycles. The summed E-state index contributed by atoms with van der Waals surface area (Å²) in [6.45, 7) is 6.02. The second-order valence-electron chi connectivity index (χ2n) is 7.45. The summed E-state index contributed by atoms with van der Waals surface area (Å²) in [7, 11) is 0. The maximum Gasteiger partial charge on any atom is 0.269 e. The van der Waals surface area contributed by atoms with E-state index in [1.807, 2.05) is 32.9 Å². The second-order valence-corrected chi connectivity index (χ2v) is 8.50. The van der Waals surface area contributed by atoms with Gasteiger partial charge >= 0.3 is 0 Å². The fourth-order valence-electron chi connectivity index (χ4n) is 2.33. The number of carbonyl (C=O) groups excluding carboxylic acids is 2. The van der Waals surface area contributed by atoms with E-state index in [0.717, 1.165) is 4.90 Å². The third kappa shape index (κ3) is 7.40. The highest BCUT2D eigenvalue weighted by atomic mass is 32.2. The standard InChI is InChI=1S/C20H23N3O4S/c1-20(2,3)12-18(24)21-15-6-10-17(11-7-15)28-13-19(25)22-14-4-8-16(9-5-14)23(26)27/h4-11H,12-13H2,1-3H3,(H,21,24)(H,22,25). The van der Waals surface area contributed by atoms with Crippen molar-refractivity contribution >= 4 is 40.6 Å². The van der Waals surface area contributed by atoms with Gasteiger partial charge in [0, 0.05) is 34.8 Å². The van der Waals surface area contributed by atoms with Gasteiger partial charge in [0.15, 0.2) is 0 Å². The molecule has 0 atom stereocenters. The average molecular weight is 401 g/mol. The Balaban J connectivity index is 1.81. The van der Waals surface area contributed by atoms with E-state index in [1.165, 1.54) is 36.0 Å². The Morgan fingerprint density at radius 3 is 1.93 bits per heavy atom. The first-order chi connectivity index (χ1) is 13.1. The van der Waals surface area contributed by atoms with Gasteiger partial charge in [0.1, 0.15) is 0 Å². The Hall–Kier alpha value is -2.87. The first-order valence-corrected chi connectivity index (χ1v) is 9.68. The van der Waals surface area contributed by atoms with Crippen molar-refractivity contribution in [2.75, 3.05) is 16.4 Å². The number of nitro groups is 1. The van der Waals surface area contributed by atoms with Gasteiger partial charge in [-0.15, -0.1) is 11.8 Å². The van der Waals surface area contributed by atoms with Crippen LogP contribution in [0.1, 0.15) is 27.2 Å². The highest BCUT2D eigenvalue weighted by Gasteiger charge is 2.16. The van der Waals surface area contributed by atoms with Crippen molar-refractivity contribution < 1.29 is 14.5 Å². The van der Waals surface area contributed by atoms with Crippen molar-refractivity contribution in [1.29, 1.82) is 0 Å². The predicted molar refractivity (Wildman–Crippen MR) is 112 cm³/mol. The molecule has 0 heterocycles. The molecule has 2 rings (SSSR count). The molecule has 0 radical (unpaired) electrons. The molecule has 2 aromatic carbocycles. The maximum absolute atomic E-state index is 12.0. The number of nitro benzene ring substituents is 1. The van der Waals surface area contributed by atoms with E-state index in [-0.39, 0.29) is 28.7 Å². The van der Waals surface area contributed by atoms with Crippen LogP contribution in [0.4, 0.5) is 17.1 Å². The number of nitrogens with one attached hydrogen (secondary N) is 2. The third-order valence-corrected chi connectivity index (χ3v) is 4.57. The van der Waals surface area contributed by atoms with Gasteiger partial charge in [0.2, 0.25) is 11.8 Å². The van der Waals surface area contributed by atoms with Gasteiger partial charge in [-0.1, -0.05) is 20.8 Å². The van der Waals surface area contributed by atoms with Crippen molar-refractivity contribution in [3.05, 3.63) is 58.6 Å². The number of anilines is 2. The minimum atomic E-state index is -0.489. The smallest absolute Gasteiger partial charge is 0.269 e. The van der Waals surface area contributed by atoms with Gasteiger partial charge in [0.25, 0.3) is 5.69 Å². The van der Waals surface area contributed by atoms with Crippen molar-refractivity contribution in [2.45, 2.75) is 32.1 Å². The number of carbonyl (C=O) groups is 2. The lowest BCUT2D eigenvalue weighted by atomic mass is 9.92. The molecule has 0 aliphatic rings. The normalized spacial score (nSPS) is 11.0. The van der Waals surface area contributed by atoms with Crippen molar-refractivity contribution in [3.63, 3.8) is 0 Å². The molecule has 0 fully saturated rings. The monoisotopic (exact) mass is 401 g/mol. The minimum absolute atomic E-state index is 0.0259. The maximum atomic E-state index is 12.0. The summed E-state index contributed by atoms with van der Waals surface area (Å²) >= 11 is 1.36. The van der Waals surface area contributed by atoms with Crippen LogP contribution in [0.3, 0.4) is 0 Å². The molecule has 2 N–H and O–H groups in total. The third-order valence-electron chi connectivity index (χ3n) is 3.56. The summed E-state index contributed by atoms with van der Waals surface area (Å²) in [5.41, 5.74) is 1.13. The predicted octanol–water partition coefficient (Wildman–Crippen LogP) is 4.70.